The Hall–Kier alpha value is -2.56. The minimum Gasteiger partial charge on any atom is -0.480 e. The molecule has 0 spiro atoms. The van der Waals surface area contributed by atoms with E-state index in [0.29, 0.717) is 0 Å². The number of nitrogens with zero attached hydrogens (tertiary/aromatic N) is 3. The molecule has 2 rings (SSSR count). The van der Waals surface area contributed by atoms with Crippen LogP contribution in [0.2, 0.25) is 0 Å². The topological polar surface area (TPSA) is 170 Å². The van der Waals surface area contributed by atoms with Crippen molar-refractivity contribution in [2.24, 2.45) is 5.73 Å². The molecule has 0 saturated carbocycles. The lowest BCUT2D eigenvalue weighted by Crippen LogP contribution is -2.67. The summed E-state index contributed by atoms with van der Waals surface area (Å²) in [5, 5.41) is 31.8. The maximum atomic E-state index is 11.5. The van der Waals surface area contributed by atoms with Gasteiger partial charge < -0.3 is 10.8 Å². The summed E-state index contributed by atoms with van der Waals surface area (Å²) in [6, 6.07) is 0. The fraction of sp³-hybridized carbons (Fsp3) is 0.636. The third-order valence-corrected chi connectivity index (χ3v) is 4.04. The monoisotopic (exact) mass is 314 g/mol. The summed E-state index contributed by atoms with van der Waals surface area (Å²) in [6.07, 6.45) is 0.305. The Morgan fingerprint density at radius 1 is 1.32 bits per heavy atom. The molecule has 11 heteroatoms. The Labute approximate surface area is 123 Å². The molecule has 1 aliphatic carbocycles. The molecule has 2 atom stereocenters. The van der Waals surface area contributed by atoms with Crippen LogP contribution in [0.3, 0.4) is 0 Å². The molecule has 1 saturated heterocycles. The van der Waals surface area contributed by atoms with Gasteiger partial charge in [0.15, 0.2) is 0 Å². The highest BCUT2D eigenvalue weighted by molar-refractivity contribution is 5.92. The number of rotatable bonds is 5. The van der Waals surface area contributed by atoms with E-state index >= 15 is 0 Å². The molecule has 0 aromatic carbocycles. The second-order valence-corrected chi connectivity index (χ2v) is 5.77. The molecule has 11 nitrogen and oxygen atoms in total. The molecule has 0 aromatic heterocycles. The van der Waals surface area contributed by atoms with E-state index in [1.54, 1.807) is 0 Å². The average molecular weight is 314 g/mol. The van der Waals surface area contributed by atoms with Gasteiger partial charge in [0, 0.05) is 21.5 Å². The standard InChI is InChI=1S/C11H14N4O7/c12-9(18)7-1-10(14(19)20)4-11(2-7,15(21)22)6-13(5-10)3-8(16)17/h1H,2-6H2,(H2,12,18)(H,16,17)/t10-,11+/m1/s1. The Morgan fingerprint density at radius 3 is 2.41 bits per heavy atom. The molecular weight excluding hydrogens is 300 g/mol. The van der Waals surface area contributed by atoms with Crippen LogP contribution in [0.25, 0.3) is 0 Å². The SMILES string of the molecule is NC(=O)C1=C[C@]2([N+](=O)[O-])CN(CC(=O)O)C[C@]([N+](=O)[O-])(C1)C2. The lowest BCUT2D eigenvalue weighted by atomic mass is 9.69. The number of likely N-dealkylation sites (tertiary alicyclic amines) is 1. The number of carboxylic acid groups (broad SMARTS) is 1. The Morgan fingerprint density at radius 2 is 1.95 bits per heavy atom. The minimum atomic E-state index is -1.89. The van der Waals surface area contributed by atoms with Crippen LogP contribution in [0.1, 0.15) is 12.8 Å². The van der Waals surface area contributed by atoms with Gasteiger partial charge in [-0.25, -0.2) is 0 Å². The lowest BCUT2D eigenvalue weighted by molar-refractivity contribution is -0.619. The van der Waals surface area contributed by atoms with Gasteiger partial charge in [-0.2, -0.15) is 0 Å². The van der Waals surface area contributed by atoms with Gasteiger partial charge in [0.2, 0.25) is 11.4 Å². The summed E-state index contributed by atoms with van der Waals surface area (Å²) in [5.41, 5.74) is 1.31. The van der Waals surface area contributed by atoms with Gasteiger partial charge in [-0.15, -0.1) is 0 Å². The number of carboxylic acids is 1. The molecule has 120 valence electrons. The summed E-state index contributed by atoms with van der Waals surface area (Å²) >= 11 is 0. The third kappa shape index (κ3) is 2.50. The molecule has 2 bridgehead atoms. The van der Waals surface area contributed by atoms with E-state index in [1.807, 2.05) is 0 Å². The van der Waals surface area contributed by atoms with E-state index in [4.69, 9.17) is 10.8 Å². The van der Waals surface area contributed by atoms with Gasteiger partial charge in [0.05, 0.1) is 32.5 Å². The predicted molar refractivity (Wildman–Crippen MR) is 70.0 cm³/mol. The van der Waals surface area contributed by atoms with Gasteiger partial charge in [0.25, 0.3) is 5.54 Å². The van der Waals surface area contributed by atoms with Crippen LogP contribution in [0, 0.1) is 20.2 Å². The first kappa shape index (κ1) is 15.8. The molecule has 22 heavy (non-hydrogen) atoms. The smallest absolute Gasteiger partial charge is 0.317 e. The summed E-state index contributed by atoms with van der Waals surface area (Å²) in [4.78, 5) is 44.9. The van der Waals surface area contributed by atoms with E-state index in [9.17, 15) is 29.8 Å². The van der Waals surface area contributed by atoms with Crippen LogP contribution in [-0.2, 0) is 9.59 Å². The highest BCUT2D eigenvalue weighted by Gasteiger charge is 2.64. The minimum absolute atomic E-state index is 0.158. The highest BCUT2D eigenvalue weighted by Crippen LogP contribution is 2.42. The van der Waals surface area contributed by atoms with Crippen molar-refractivity contribution in [2.45, 2.75) is 23.9 Å². The zero-order valence-electron chi connectivity index (χ0n) is 11.4. The first-order valence-electron chi connectivity index (χ1n) is 6.35. The number of carbonyl (C=O) groups excluding carboxylic acids is 1. The van der Waals surface area contributed by atoms with Crippen molar-refractivity contribution in [3.8, 4) is 0 Å². The molecule has 1 amide bonds. The number of hydrogen-bond acceptors (Lipinski definition) is 7. The summed E-state index contributed by atoms with van der Waals surface area (Å²) in [6.45, 7) is -1.16. The highest BCUT2D eigenvalue weighted by atomic mass is 16.6. The normalized spacial score (nSPS) is 31.2. The quantitative estimate of drug-likeness (QED) is 0.462. The van der Waals surface area contributed by atoms with Crippen molar-refractivity contribution in [3.05, 3.63) is 31.9 Å². The number of nitrogens with two attached hydrogens (primary N) is 1. The van der Waals surface area contributed by atoms with Crippen molar-refractivity contribution in [1.82, 2.24) is 4.90 Å². The number of primary amides is 1. The summed E-state index contributed by atoms with van der Waals surface area (Å²) < 4.78 is 0. The maximum absolute atomic E-state index is 11.5. The molecule has 0 radical (unpaired) electrons. The second kappa shape index (κ2) is 5.02. The number of aliphatic carboxylic acids is 1. The molecule has 2 aliphatic rings. The number of fused-ring (bicyclic) bond motifs is 2. The van der Waals surface area contributed by atoms with E-state index in [2.05, 4.69) is 0 Å². The van der Waals surface area contributed by atoms with Gasteiger partial charge >= 0.3 is 5.97 Å². The summed E-state index contributed by atoms with van der Waals surface area (Å²) in [7, 11) is 0. The largest absolute Gasteiger partial charge is 0.480 e. The molecule has 1 heterocycles. The molecule has 0 unspecified atom stereocenters. The first-order valence-corrected chi connectivity index (χ1v) is 6.35. The molecule has 3 N–H and O–H groups in total. The zero-order valence-corrected chi connectivity index (χ0v) is 11.4. The molecule has 0 aromatic rings. The van der Waals surface area contributed by atoms with Crippen LogP contribution in [0.4, 0.5) is 0 Å². The van der Waals surface area contributed by atoms with Crippen molar-refractivity contribution >= 4 is 11.9 Å². The van der Waals surface area contributed by atoms with E-state index in [0.717, 1.165) is 11.0 Å². The molecular formula is C11H14N4O7. The molecule has 1 aliphatic heterocycles. The fourth-order valence-electron chi connectivity index (χ4n) is 3.31. The Bertz CT molecular complexity index is 603. The third-order valence-electron chi connectivity index (χ3n) is 4.04. The van der Waals surface area contributed by atoms with E-state index < -0.39 is 45.8 Å². The number of carbonyl (C=O) groups is 2. The van der Waals surface area contributed by atoms with Gasteiger partial charge in [-0.1, -0.05) is 0 Å². The van der Waals surface area contributed by atoms with Crippen molar-refractivity contribution < 1.29 is 24.5 Å². The van der Waals surface area contributed by atoms with Crippen molar-refractivity contribution in [1.29, 1.82) is 0 Å². The number of nitro groups is 2. The van der Waals surface area contributed by atoms with E-state index in [-0.39, 0.29) is 25.1 Å². The first-order chi connectivity index (χ1) is 10.1. The molecule has 1 fully saturated rings. The van der Waals surface area contributed by atoms with Crippen LogP contribution < -0.4 is 5.73 Å². The van der Waals surface area contributed by atoms with Gasteiger partial charge in [-0.05, 0) is 0 Å². The summed E-state index contributed by atoms with van der Waals surface area (Å²) in [5.74, 6) is -2.18. The number of amides is 1. The zero-order chi connectivity index (χ0) is 16.7. The van der Waals surface area contributed by atoms with Crippen LogP contribution >= 0.6 is 0 Å². The van der Waals surface area contributed by atoms with Gasteiger partial charge in [-0.3, -0.25) is 34.7 Å². The van der Waals surface area contributed by atoms with Gasteiger partial charge in [0.1, 0.15) is 0 Å². The Balaban J connectivity index is 2.54. The second-order valence-electron chi connectivity index (χ2n) is 5.77. The average Bonchev–Trinajstić information content (AvgIpc) is 2.36. The van der Waals surface area contributed by atoms with Crippen molar-refractivity contribution in [2.75, 3.05) is 19.6 Å². The predicted octanol–water partition coefficient (Wildman–Crippen LogP) is -1.38. The van der Waals surface area contributed by atoms with Crippen LogP contribution in [0.5, 0.6) is 0 Å². The lowest BCUT2D eigenvalue weighted by Gasteiger charge is -2.44. The van der Waals surface area contributed by atoms with Crippen LogP contribution in [0.15, 0.2) is 11.6 Å². The number of hydrogen-bond donors (Lipinski definition) is 2. The van der Waals surface area contributed by atoms with Crippen LogP contribution in [-0.4, -0.2) is 62.4 Å². The van der Waals surface area contributed by atoms with E-state index in [1.165, 1.54) is 0 Å². The fourth-order valence-corrected chi connectivity index (χ4v) is 3.31. The maximum Gasteiger partial charge on any atom is 0.317 e. The Kier molecular flexibility index (Phi) is 3.61. The number of piperidine rings is 1. The van der Waals surface area contributed by atoms with Crippen molar-refractivity contribution in [3.63, 3.8) is 0 Å².